The lowest BCUT2D eigenvalue weighted by atomic mass is 9.75. The molecular weight excluding hydrogens is 236 g/mol. The Morgan fingerprint density at radius 3 is 2.63 bits per heavy atom. The van der Waals surface area contributed by atoms with Gasteiger partial charge >= 0.3 is 0 Å². The average molecular weight is 266 g/mol. The van der Waals surface area contributed by atoms with Crippen LogP contribution in [0.3, 0.4) is 0 Å². The Labute approximate surface area is 117 Å². The third kappa shape index (κ3) is 3.50. The molecule has 0 bridgehead atoms. The largest absolute Gasteiger partial charge is 0.353 e. The van der Waals surface area contributed by atoms with Crippen LogP contribution in [-0.4, -0.2) is 25.0 Å². The Kier molecular flexibility index (Phi) is 5.26. The van der Waals surface area contributed by atoms with Crippen LogP contribution in [0.4, 0.5) is 0 Å². The molecule has 1 aliphatic carbocycles. The van der Waals surface area contributed by atoms with Crippen LogP contribution in [0.25, 0.3) is 0 Å². The van der Waals surface area contributed by atoms with Gasteiger partial charge in [0.25, 0.3) is 0 Å². The zero-order chi connectivity index (χ0) is 13.7. The van der Waals surface area contributed by atoms with Crippen LogP contribution in [-0.2, 0) is 4.79 Å². The lowest BCUT2D eigenvalue weighted by molar-refractivity contribution is -0.134. The molecule has 1 saturated heterocycles. The van der Waals surface area contributed by atoms with Gasteiger partial charge in [-0.3, -0.25) is 4.79 Å². The molecule has 0 spiro atoms. The standard InChI is InChI=1S/C16H30N2O/c1-3-13-6-5-7-14(12-13)18-15(19)16(4-2)8-10-17-11-9-16/h13-14,17H,3-12H2,1-2H3,(H,18,19). The molecule has 1 heterocycles. The van der Waals surface area contributed by atoms with Gasteiger partial charge in [0.1, 0.15) is 0 Å². The van der Waals surface area contributed by atoms with Crippen molar-refractivity contribution in [2.24, 2.45) is 11.3 Å². The van der Waals surface area contributed by atoms with Crippen molar-refractivity contribution >= 4 is 5.91 Å². The maximum atomic E-state index is 12.7. The second-order valence-corrected chi connectivity index (χ2v) is 6.50. The van der Waals surface area contributed by atoms with Crippen LogP contribution >= 0.6 is 0 Å². The molecule has 2 atom stereocenters. The van der Waals surface area contributed by atoms with Crippen LogP contribution < -0.4 is 10.6 Å². The van der Waals surface area contributed by atoms with Gasteiger partial charge in [-0.25, -0.2) is 0 Å². The second-order valence-electron chi connectivity index (χ2n) is 6.50. The molecule has 2 fully saturated rings. The van der Waals surface area contributed by atoms with Crippen LogP contribution in [0.2, 0.25) is 0 Å². The van der Waals surface area contributed by atoms with Gasteiger partial charge in [0.15, 0.2) is 0 Å². The van der Waals surface area contributed by atoms with Gasteiger partial charge < -0.3 is 10.6 Å². The molecule has 19 heavy (non-hydrogen) atoms. The average Bonchev–Trinajstić information content (AvgIpc) is 2.48. The monoisotopic (exact) mass is 266 g/mol. The van der Waals surface area contributed by atoms with Crippen LogP contribution in [0.5, 0.6) is 0 Å². The molecule has 2 rings (SSSR count). The highest BCUT2D eigenvalue weighted by atomic mass is 16.2. The van der Waals surface area contributed by atoms with E-state index in [0.29, 0.717) is 11.9 Å². The summed E-state index contributed by atoms with van der Waals surface area (Å²) >= 11 is 0. The summed E-state index contributed by atoms with van der Waals surface area (Å²) in [4.78, 5) is 12.7. The quantitative estimate of drug-likeness (QED) is 0.821. The fourth-order valence-corrected chi connectivity index (χ4v) is 3.78. The van der Waals surface area contributed by atoms with Crippen molar-refractivity contribution in [3.63, 3.8) is 0 Å². The fraction of sp³-hybridized carbons (Fsp3) is 0.938. The molecule has 1 saturated carbocycles. The van der Waals surface area contributed by atoms with Crippen LogP contribution in [0.1, 0.15) is 65.2 Å². The highest BCUT2D eigenvalue weighted by Gasteiger charge is 2.38. The van der Waals surface area contributed by atoms with Crippen LogP contribution in [0, 0.1) is 11.3 Å². The van der Waals surface area contributed by atoms with Crippen molar-refractivity contribution in [3.8, 4) is 0 Å². The molecule has 3 nitrogen and oxygen atoms in total. The first kappa shape index (κ1) is 14.8. The smallest absolute Gasteiger partial charge is 0.226 e. The minimum atomic E-state index is -0.0928. The summed E-state index contributed by atoms with van der Waals surface area (Å²) in [6.45, 7) is 6.42. The molecule has 0 aromatic carbocycles. The van der Waals surface area contributed by atoms with E-state index < -0.39 is 0 Å². The van der Waals surface area contributed by atoms with E-state index in [9.17, 15) is 4.79 Å². The molecule has 2 aliphatic rings. The lowest BCUT2D eigenvalue weighted by Crippen LogP contribution is -2.50. The van der Waals surface area contributed by atoms with E-state index in [1.165, 1.54) is 32.1 Å². The number of rotatable bonds is 4. The van der Waals surface area contributed by atoms with Crippen molar-refractivity contribution < 1.29 is 4.79 Å². The van der Waals surface area contributed by atoms with E-state index in [1.54, 1.807) is 0 Å². The number of piperidine rings is 1. The summed E-state index contributed by atoms with van der Waals surface area (Å²) in [6.07, 6.45) is 9.24. The first-order chi connectivity index (χ1) is 9.20. The number of nitrogens with one attached hydrogen (secondary N) is 2. The van der Waals surface area contributed by atoms with E-state index >= 15 is 0 Å². The summed E-state index contributed by atoms with van der Waals surface area (Å²) in [6, 6.07) is 0.435. The summed E-state index contributed by atoms with van der Waals surface area (Å²) in [7, 11) is 0. The predicted octanol–water partition coefficient (Wildman–Crippen LogP) is 2.85. The van der Waals surface area contributed by atoms with Crippen molar-refractivity contribution in [2.45, 2.75) is 71.3 Å². The highest BCUT2D eigenvalue weighted by molar-refractivity contribution is 5.83. The molecule has 1 aliphatic heterocycles. The van der Waals surface area contributed by atoms with E-state index in [1.807, 2.05) is 0 Å². The Morgan fingerprint density at radius 2 is 2.00 bits per heavy atom. The van der Waals surface area contributed by atoms with Gasteiger partial charge in [0.05, 0.1) is 5.41 Å². The van der Waals surface area contributed by atoms with E-state index in [4.69, 9.17) is 0 Å². The normalized spacial score (nSPS) is 30.8. The Hall–Kier alpha value is -0.570. The molecule has 0 radical (unpaired) electrons. The molecule has 2 N–H and O–H groups in total. The first-order valence-electron chi connectivity index (χ1n) is 8.22. The van der Waals surface area contributed by atoms with Crippen molar-refractivity contribution in [1.82, 2.24) is 10.6 Å². The Balaban J connectivity index is 1.91. The molecule has 0 aromatic heterocycles. The van der Waals surface area contributed by atoms with Crippen LogP contribution in [0.15, 0.2) is 0 Å². The Morgan fingerprint density at radius 1 is 1.26 bits per heavy atom. The summed E-state index contributed by atoms with van der Waals surface area (Å²) < 4.78 is 0. The third-order valence-corrected chi connectivity index (χ3v) is 5.41. The number of carbonyl (C=O) groups is 1. The number of carbonyl (C=O) groups excluding carboxylic acids is 1. The first-order valence-corrected chi connectivity index (χ1v) is 8.22. The molecule has 1 amide bonds. The second kappa shape index (κ2) is 6.74. The topological polar surface area (TPSA) is 41.1 Å². The SMILES string of the molecule is CCC1CCCC(NC(=O)C2(CC)CCNCC2)C1. The van der Waals surface area contributed by atoms with E-state index in [0.717, 1.165) is 38.3 Å². The molecule has 110 valence electrons. The maximum Gasteiger partial charge on any atom is 0.226 e. The molecule has 2 unspecified atom stereocenters. The van der Waals surface area contributed by atoms with Gasteiger partial charge in [0, 0.05) is 6.04 Å². The molecular formula is C16H30N2O. The van der Waals surface area contributed by atoms with Crippen molar-refractivity contribution in [3.05, 3.63) is 0 Å². The zero-order valence-electron chi connectivity index (χ0n) is 12.6. The van der Waals surface area contributed by atoms with Crippen molar-refractivity contribution in [1.29, 1.82) is 0 Å². The molecule has 0 aromatic rings. The summed E-state index contributed by atoms with van der Waals surface area (Å²) in [5.74, 6) is 1.16. The predicted molar refractivity (Wildman–Crippen MR) is 79.0 cm³/mol. The minimum Gasteiger partial charge on any atom is -0.353 e. The third-order valence-electron chi connectivity index (χ3n) is 5.41. The summed E-state index contributed by atoms with van der Waals surface area (Å²) in [5, 5.41) is 6.75. The van der Waals surface area contributed by atoms with Gasteiger partial charge in [0.2, 0.25) is 5.91 Å². The number of hydrogen-bond acceptors (Lipinski definition) is 2. The zero-order valence-corrected chi connectivity index (χ0v) is 12.6. The number of hydrogen-bond donors (Lipinski definition) is 2. The Bertz CT molecular complexity index is 297. The van der Waals surface area contributed by atoms with Gasteiger partial charge in [-0.2, -0.15) is 0 Å². The van der Waals surface area contributed by atoms with E-state index in [2.05, 4.69) is 24.5 Å². The van der Waals surface area contributed by atoms with E-state index in [-0.39, 0.29) is 5.41 Å². The van der Waals surface area contributed by atoms with Crippen molar-refractivity contribution in [2.75, 3.05) is 13.1 Å². The summed E-state index contributed by atoms with van der Waals surface area (Å²) in [5.41, 5.74) is -0.0928. The minimum absolute atomic E-state index is 0.0928. The number of amides is 1. The van der Waals surface area contributed by atoms with Gasteiger partial charge in [-0.05, 0) is 51.1 Å². The lowest BCUT2D eigenvalue weighted by Gasteiger charge is -2.38. The maximum absolute atomic E-state index is 12.7. The van der Waals surface area contributed by atoms with Gasteiger partial charge in [-0.15, -0.1) is 0 Å². The van der Waals surface area contributed by atoms with Gasteiger partial charge in [-0.1, -0.05) is 33.1 Å². The highest BCUT2D eigenvalue weighted by Crippen LogP contribution is 2.34. The fourth-order valence-electron chi connectivity index (χ4n) is 3.78. The molecule has 3 heteroatoms.